The van der Waals surface area contributed by atoms with Gasteiger partial charge in [-0.3, -0.25) is 24.0 Å². The fourth-order valence-corrected chi connectivity index (χ4v) is 5.31. The Morgan fingerprint density at radius 1 is 0.854 bits per heavy atom. The van der Waals surface area contributed by atoms with Crippen molar-refractivity contribution in [3.8, 4) is 22.6 Å². The molecule has 0 spiro atoms. The molecule has 256 valence electrons. The number of fused-ring (bicyclic) bond motifs is 1. The largest absolute Gasteiger partial charge is 0.479 e. The van der Waals surface area contributed by atoms with Gasteiger partial charge < -0.3 is 37.9 Å². The molecule has 2 aromatic carbocycles. The van der Waals surface area contributed by atoms with Crippen molar-refractivity contribution in [2.45, 2.75) is 90.5 Å². The monoisotopic (exact) mass is 668 g/mol. The van der Waals surface area contributed by atoms with Crippen LogP contribution < -0.4 is 14.9 Å². The van der Waals surface area contributed by atoms with Crippen molar-refractivity contribution in [3.63, 3.8) is 0 Å². The number of carboxylic acids is 1. The van der Waals surface area contributed by atoms with E-state index in [1.807, 2.05) is 6.92 Å². The fourth-order valence-electron chi connectivity index (χ4n) is 5.31. The first-order valence-corrected chi connectivity index (χ1v) is 15.2. The van der Waals surface area contributed by atoms with Gasteiger partial charge in [0.05, 0.1) is 10.9 Å². The lowest BCUT2D eigenvalue weighted by atomic mass is 9.92. The number of hydrogen-bond acceptors (Lipinski definition) is 13. The first-order valence-electron chi connectivity index (χ1n) is 15.2. The third kappa shape index (κ3) is 8.37. The van der Waals surface area contributed by atoms with Gasteiger partial charge in [-0.2, -0.15) is 0 Å². The molecule has 2 heterocycles. The molecular weight excluding hydrogens is 632 g/mol. The van der Waals surface area contributed by atoms with E-state index in [1.54, 1.807) is 24.3 Å². The van der Waals surface area contributed by atoms with Crippen LogP contribution in [0, 0.1) is 0 Å². The van der Waals surface area contributed by atoms with Gasteiger partial charge in [-0.15, -0.1) is 0 Å². The number of carbonyl (C=O) groups is 5. The van der Waals surface area contributed by atoms with E-state index in [0.717, 1.165) is 40.0 Å². The Balaban J connectivity index is 1.64. The van der Waals surface area contributed by atoms with Crippen LogP contribution in [0.2, 0.25) is 0 Å². The maximum Gasteiger partial charge on any atom is 0.337 e. The van der Waals surface area contributed by atoms with Crippen LogP contribution in [0.1, 0.15) is 60.3 Å². The van der Waals surface area contributed by atoms with E-state index in [2.05, 4.69) is 0 Å². The SMILES string of the molecule is CCCCCC(=O)Oc1ccc(-c2coc3cc(OC4(C)OC(C(=O)O)C(OC(C)=O)C(OC(C)=O)C4OC(C)=O)ccc3c2=O)cc1. The third-order valence-corrected chi connectivity index (χ3v) is 7.39. The maximum absolute atomic E-state index is 13.4. The Kier molecular flexibility index (Phi) is 11.2. The first kappa shape index (κ1) is 35.6. The molecule has 0 saturated carbocycles. The molecule has 1 aliphatic heterocycles. The van der Waals surface area contributed by atoms with Crippen molar-refractivity contribution in [3.05, 3.63) is 59.0 Å². The Morgan fingerprint density at radius 2 is 1.48 bits per heavy atom. The van der Waals surface area contributed by atoms with E-state index in [1.165, 1.54) is 31.4 Å². The molecular formula is C34H36O14. The number of aliphatic carboxylic acids is 1. The lowest BCUT2D eigenvalue weighted by molar-refractivity contribution is -0.326. The molecule has 0 amide bonds. The molecule has 14 nitrogen and oxygen atoms in total. The summed E-state index contributed by atoms with van der Waals surface area (Å²) in [5.74, 6) is -6.34. The van der Waals surface area contributed by atoms with E-state index in [4.69, 9.17) is 32.8 Å². The van der Waals surface area contributed by atoms with Gasteiger partial charge in [0.25, 0.3) is 0 Å². The smallest absolute Gasteiger partial charge is 0.337 e. The topological polar surface area (TPSA) is 191 Å². The van der Waals surface area contributed by atoms with Crippen LogP contribution in [0.5, 0.6) is 11.5 Å². The van der Waals surface area contributed by atoms with Gasteiger partial charge in [-0.05, 0) is 36.2 Å². The number of carboxylic acid groups (broad SMARTS) is 1. The number of benzene rings is 2. The molecule has 1 aliphatic rings. The normalized spacial score (nSPS) is 21.9. The molecule has 1 saturated heterocycles. The highest BCUT2D eigenvalue weighted by Gasteiger charge is 2.61. The zero-order chi connectivity index (χ0) is 35.2. The van der Waals surface area contributed by atoms with E-state index < -0.39 is 54.1 Å². The first-order chi connectivity index (χ1) is 22.7. The highest BCUT2D eigenvalue weighted by Crippen LogP contribution is 2.38. The summed E-state index contributed by atoms with van der Waals surface area (Å²) in [6, 6.07) is 10.6. The molecule has 0 aliphatic carbocycles. The van der Waals surface area contributed by atoms with Gasteiger partial charge in [0.15, 0.2) is 23.7 Å². The zero-order valence-corrected chi connectivity index (χ0v) is 27.0. The summed E-state index contributed by atoms with van der Waals surface area (Å²) < 4.78 is 38.8. The molecule has 0 bridgehead atoms. The lowest BCUT2D eigenvalue weighted by Gasteiger charge is -2.48. The number of ether oxygens (including phenoxy) is 6. The third-order valence-electron chi connectivity index (χ3n) is 7.39. The average molecular weight is 669 g/mol. The minimum absolute atomic E-state index is 0.000178. The summed E-state index contributed by atoms with van der Waals surface area (Å²) in [7, 11) is 0. The standard InChI is InChI=1S/C34H36O14/c1-6-7-8-9-27(38)46-22-12-10-21(11-13-22)25-17-42-26-16-23(14-15-24(26)28(25)39)47-34(5)32(45-20(4)37)30(44-19(3)36)29(43-18(2)35)31(48-34)33(40)41/h10-17,29-32H,6-9H2,1-5H3,(H,40,41). The van der Waals surface area contributed by atoms with Crippen molar-refractivity contribution < 1.29 is 61.9 Å². The van der Waals surface area contributed by atoms with Crippen LogP contribution in [-0.4, -0.2) is 65.2 Å². The summed E-state index contributed by atoms with van der Waals surface area (Å²) in [4.78, 5) is 73.7. The van der Waals surface area contributed by atoms with Gasteiger partial charge >= 0.3 is 29.8 Å². The molecule has 1 N–H and O–H groups in total. The van der Waals surface area contributed by atoms with E-state index in [9.17, 15) is 33.9 Å². The second-order valence-corrected chi connectivity index (χ2v) is 11.3. The summed E-state index contributed by atoms with van der Waals surface area (Å²) in [6.45, 7) is 6.42. The number of hydrogen-bond donors (Lipinski definition) is 1. The van der Waals surface area contributed by atoms with Crippen LogP contribution in [0.15, 0.2) is 57.9 Å². The molecule has 5 atom stereocenters. The average Bonchev–Trinajstić information content (AvgIpc) is 3.00. The Hall–Kier alpha value is -5.24. The summed E-state index contributed by atoms with van der Waals surface area (Å²) in [6.07, 6.45) is -2.66. The van der Waals surface area contributed by atoms with Crippen LogP contribution >= 0.6 is 0 Å². The molecule has 3 aromatic rings. The quantitative estimate of drug-likeness (QED) is 0.124. The minimum atomic E-state index is -2.12. The lowest BCUT2D eigenvalue weighted by Crippen LogP contribution is -2.69. The fraction of sp³-hybridized carbons (Fsp3) is 0.412. The summed E-state index contributed by atoms with van der Waals surface area (Å²) in [5, 5.41) is 10.1. The Labute approximate surface area is 274 Å². The summed E-state index contributed by atoms with van der Waals surface area (Å²) in [5.41, 5.74) is 0.462. The molecule has 5 unspecified atom stereocenters. The van der Waals surface area contributed by atoms with Crippen molar-refractivity contribution in [2.75, 3.05) is 0 Å². The van der Waals surface area contributed by atoms with E-state index in [-0.39, 0.29) is 33.7 Å². The highest BCUT2D eigenvalue weighted by molar-refractivity contribution is 5.83. The van der Waals surface area contributed by atoms with Gasteiger partial charge in [0.2, 0.25) is 11.9 Å². The van der Waals surface area contributed by atoms with Crippen LogP contribution in [0.25, 0.3) is 22.1 Å². The van der Waals surface area contributed by atoms with Crippen molar-refractivity contribution in [1.82, 2.24) is 0 Å². The van der Waals surface area contributed by atoms with Crippen molar-refractivity contribution >= 4 is 40.8 Å². The van der Waals surface area contributed by atoms with Gasteiger partial charge in [-0.25, -0.2) is 4.79 Å². The maximum atomic E-state index is 13.4. The minimum Gasteiger partial charge on any atom is -0.479 e. The van der Waals surface area contributed by atoms with Gasteiger partial charge in [-0.1, -0.05) is 31.9 Å². The van der Waals surface area contributed by atoms with Crippen LogP contribution in [0.3, 0.4) is 0 Å². The van der Waals surface area contributed by atoms with E-state index in [0.29, 0.717) is 17.7 Å². The van der Waals surface area contributed by atoms with Crippen molar-refractivity contribution in [2.24, 2.45) is 0 Å². The number of esters is 4. The number of rotatable bonds is 12. The molecule has 1 fully saturated rings. The Morgan fingerprint density at radius 3 is 2.08 bits per heavy atom. The molecule has 1 aromatic heterocycles. The zero-order valence-electron chi connectivity index (χ0n) is 27.0. The number of carbonyl (C=O) groups excluding carboxylic acids is 4. The number of unbranched alkanes of at least 4 members (excludes halogenated alkanes) is 2. The van der Waals surface area contributed by atoms with Gasteiger partial charge in [0, 0.05) is 40.2 Å². The molecule has 4 rings (SSSR count). The molecule has 14 heteroatoms. The summed E-state index contributed by atoms with van der Waals surface area (Å²) >= 11 is 0. The van der Waals surface area contributed by atoms with E-state index >= 15 is 0 Å². The van der Waals surface area contributed by atoms with Gasteiger partial charge in [0.1, 0.15) is 23.3 Å². The highest BCUT2D eigenvalue weighted by atomic mass is 16.8. The second kappa shape index (κ2) is 15.1. The predicted octanol–water partition coefficient (Wildman–Crippen LogP) is 4.32. The Bertz CT molecular complexity index is 1740. The molecule has 0 radical (unpaired) electrons. The van der Waals surface area contributed by atoms with Crippen LogP contribution in [0.4, 0.5) is 0 Å². The van der Waals surface area contributed by atoms with Crippen LogP contribution in [-0.2, 0) is 42.9 Å². The predicted molar refractivity (Wildman–Crippen MR) is 166 cm³/mol. The molecule has 48 heavy (non-hydrogen) atoms. The second-order valence-electron chi connectivity index (χ2n) is 11.3. The van der Waals surface area contributed by atoms with Crippen molar-refractivity contribution in [1.29, 1.82) is 0 Å².